The van der Waals surface area contributed by atoms with Crippen LogP contribution in [0.3, 0.4) is 0 Å². The Morgan fingerprint density at radius 3 is 0.780 bits per heavy atom. The normalized spacial score (nSPS) is 11.6. The van der Waals surface area contributed by atoms with Gasteiger partial charge < -0.3 is 9.80 Å². The first-order chi connectivity index (χ1) is 24.0. The van der Waals surface area contributed by atoms with Crippen molar-refractivity contribution in [3.8, 4) is 0 Å². The average molecular weight is 649 g/mol. The van der Waals surface area contributed by atoms with Crippen molar-refractivity contribution in [2.24, 2.45) is 0 Å². The van der Waals surface area contributed by atoms with Crippen LogP contribution in [0.15, 0.2) is 121 Å². The number of hydrogen-bond acceptors (Lipinski definition) is 2. The molecule has 0 aromatic heterocycles. The lowest BCUT2D eigenvalue weighted by atomic mass is 9.91. The van der Waals surface area contributed by atoms with Crippen LogP contribution in [0.25, 0.3) is 32.3 Å². The van der Waals surface area contributed by atoms with E-state index >= 15 is 0 Å². The van der Waals surface area contributed by atoms with Crippen LogP contribution in [-0.4, -0.2) is 0 Å². The summed E-state index contributed by atoms with van der Waals surface area (Å²) in [5, 5.41) is 7.62. The summed E-state index contributed by atoms with van der Waals surface area (Å²) in [7, 11) is 0. The lowest BCUT2D eigenvalue weighted by Gasteiger charge is -2.30. The van der Waals surface area contributed by atoms with E-state index in [1.807, 2.05) is 0 Å². The summed E-state index contributed by atoms with van der Waals surface area (Å²) in [6, 6.07) is 46.1. The maximum atomic E-state index is 2.46. The van der Waals surface area contributed by atoms with Crippen LogP contribution in [0.2, 0.25) is 0 Å². The highest BCUT2D eigenvalue weighted by molar-refractivity contribution is 6.28. The maximum absolute atomic E-state index is 2.46. The Morgan fingerprint density at radius 1 is 0.280 bits per heavy atom. The molecular formula is C48H44N2. The van der Waals surface area contributed by atoms with Crippen molar-refractivity contribution in [3.63, 3.8) is 0 Å². The van der Waals surface area contributed by atoms with Gasteiger partial charge in [-0.25, -0.2) is 0 Å². The van der Waals surface area contributed by atoms with Crippen LogP contribution < -0.4 is 9.80 Å². The molecule has 8 aromatic carbocycles. The molecule has 0 atom stereocenters. The summed E-state index contributed by atoms with van der Waals surface area (Å²) in [5.41, 5.74) is 17.2. The smallest absolute Gasteiger partial charge is 0.0540 e. The van der Waals surface area contributed by atoms with Gasteiger partial charge in [0.15, 0.2) is 0 Å². The molecule has 0 radical (unpaired) electrons. The maximum Gasteiger partial charge on any atom is 0.0540 e. The van der Waals surface area contributed by atoms with E-state index in [1.54, 1.807) is 0 Å². The molecular weight excluding hydrogens is 605 g/mol. The summed E-state index contributed by atoms with van der Waals surface area (Å²) in [5.74, 6) is 0. The predicted molar refractivity (Wildman–Crippen MR) is 217 cm³/mol. The first kappa shape index (κ1) is 31.7. The van der Waals surface area contributed by atoms with Gasteiger partial charge in [-0.2, -0.15) is 0 Å². The van der Waals surface area contributed by atoms with E-state index < -0.39 is 0 Å². The van der Waals surface area contributed by atoms with Crippen molar-refractivity contribution >= 4 is 66.4 Å². The fourth-order valence-electron chi connectivity index (χ4n) is 8.33. The van der Waals surface area contributed by atoms with E-state index in [2.05, 4.69) is 187 Å². The number of nitrogens with zero attached hydrogens (tertiary/aromatic N) is 2. The second kappa shape index (κ2) is 12.1. The van der Waals surface area contributed by atoms with E-state index in [1.165, 1.54) is 111 Å². The summed E-state index contributed by atoms with van der Waals surface area (Å²) in [6.07, 6.45) is 0. The van der Waals surface area contributed by atoms with Crippen molar-refractivity contribution in [3.05, 3.63) is 166 Å². The first-order valence-corrected chi connectivity index (χ1v) is 17.7. The average Bonchev–Trinajstić information content (AvgIpc) is 3.03. The molecule has 8 rings (SSSR count). The molecule has 8 aromatic rings. The molecule has 0 aliphatic rings. The summed E-state index contributed by atoms with van der Waals surface area (Å²) in [4.78, 5) is 4.92. The quantitative estimate of drug-likeness (QED) is 0.166. The van der Waals surface area contributed by atoms with Gasteiger partial charge in [0.1, 0.15) is 0 Å². The van der Waals surface area contributed by atoms with Gasteiger partial charge in [-0.3, -0.25) is 0 Å². The first-order valence-electron chi connectivity index (χ1n) is 17.7. The third kappa shape index (κ3) is 5.55. The lowest BCUT2D eigenvalue weighted by Crippen LogP contribution is -2.12. The molecule has 0 bridgehead atoms. The Kier molecular flexibility index (Phi) is 7.64. The van der Waals surface area contributed by atoms with Crippen molar-refractivity contribution in [2.75, 3.05) is 9.80 Å². The van der Waals surface area contributed by atoms with E-state index in [0.29, 0.717) is 0 Å². The Hall–Kier alpha value is -5.60. The highest BCUT2D eigenvalue weighted by atomic mass is 15.1. The predicted octanol–water partition coefficient (Wildman–Crippen LogP) is 14.0. The Balaban J connectivity index is 1.44. The largest absolute Gasteiger partial charge is 0.310 e. The molecule has 0 unspecified atom stereocenters. The van der Waals surface area contributed by atoms with Gasteiger partial charge in [0.2, 0.25) is 0 Å². The second-order valence-corrected chi connectivity index (χ2v) is 14.6. The van der Waals surface area contributed by atoms with Crippen LogP contribution in [0.4, 0.5) is 34.1 Å². The minimum atomic E-state index is 1.18. The monoisotopic (exact) mass is 648 g/mol. The molecule has 246 valence electrons. The molecule has 2 nitrogen and oxygen atoms in total. The standard InChI is InChI=1S/C48H44N2/c1-29-17-30(2)22-39(21-29)49(40-23-31(3)18-32(4)24-40)45-15-11-37-10-14-44-46(16-12-38-9-13-43(45)47(37)48(38)44)50(41-25-33(5)19-34(6)26-41)42-27-35(7)20-36(8)28-42/h9-28H,1-8H3. The molecule has 0 saturated heterocycles. The zero-order valence-electron chi connectivity index (χ0n) is 30.4. The summed E-state index contributed by atoms with van der Waals surface area (Å²) < 4.78 is 0. The number of hydrogen-bond donors (Lipinski definition) is 0. The fourth-order valence-corrected chi connectivity index (χ4v) is 8.33. The minimum absolute atomic E-state index is 1.18. The van der Waals surface area contributed by atoms with Crippen LogP contribution >= 0.6 is 0 Å². The molecule has 0 spiro atoms. The van der Waals surface area contributed by atoms with Crippen LogP contribution in [0.1, 0.15) is 44.5 Å². The molecule has 0 aliphatic carbocycles. The van der Waals surface area contributed by atoms with Gasteiger partial charge in [-0.15, -0.1) is 0 Å². The fraction of sp³-hybridized carbons (Fsp3) is 0.167. The Morgan fingerprint density at radius 2 is 0.520 bits per heavy atom. The zero-order chi connectivity index (χ0) is 34.8. The van der Waals surface area contributed by atoms with Crippen molar-refractivity contribution in [1.82, 2.24) is 0 Å². The highest BCUT2D eigenvalue weighted by Gasteiger charge is 2.22. The van der Waals surface area contributed by atoms with Gasteiger partial charge in [0.05, 0.1) is 11.4 Å². The van der Waals surface area contributed by atoms with Crippen LogP contribution in [0, 0.1) is 55.4 Å². The van der Waals surface area contributed by atoms with Crippen LogP contribution in [0.5, 0.6) is 0 Å². The molecule has 0 heterocycles. The number of benzene rings is 8. The molecule has 0 amide bonds. The second-order valence-electron chi connectivity index (χ2n) is 14.6. The number of rotatable bonds is 6. The SMILES string of the molecule is Cc1cc(C)cc(N(c2cc(C)cc(C)c2)c2ccc3ccc4c(N(c5cc(C)cc(C)c5)c5cc(C)cc(C)c5)ccc5ccc2c3c54)c1. The van der Waals surface area contributed by atoms with E-state index in [0.717, 1.165) is 0 Å². The van der Waals surface area contributed by atoms with Crippen LogP contribution in [-0.2, 0) is 0 Å². The van der Waals surface area contributed by atoms with Gasteiger partial charge in [-0.1, -0.05) is 60.7 Å². The number of aryl methyl sites for hydroxylation is 8. The van der Waals surface area contributed by atoms with Gasteiger partial charge >= 0.3 is 0 Å². The van der Waals surface area contributed by atoms with Crippen molar-refractivity contribution in [2.45, 2.75) is 55.4 Å². The molecule has 50 heavy (non-hydrogen) atoms. The lowest BCUT2D eigenvalue weighted by molar-refractivity contribution is 1.24. The van der Waals surface area contributed by atoms with Crippen molar-refractivity contribution in [1.29, 1.82) is 0 Å². The Bertz CT molecular complexity index is 2230. The molecule has 0 aliphatic heterocycles. The molecule has 0 N–H and O–H groups in total. The van der Waals surface area contributed by atoms with E-state index in [9.17, 15) is 0 Å². The van der Waals surface area contributed by atoms with Gasteiger partial charge in [0.25, 0.3) is 0 Å². The minimum Gasteiger partial charge on any atom is -0.310 e. The van der Waals surface area contributed by atoms with Gasteiger partial charge in [-0.05, 0) is 182 Å². The zero-order valence-corrected chi connectivity index (χ0v) is 30.4. The number of anilines is 6. The summed E-state index contributed by atoms with van der Waals surface area (Å²) >= 11 is 0. The summed E-state index contributed by atoms with van der Waals surface area (Å²) in [6.45, 7) is 17.5. The highest BCUT2D eigenvalue weighted by Crippen LogP contribution is 2.48. The topological polar surface area (TPSA) is 6.48 Å². The van der Waals surface area contributed by atoms with E-state index in [4.69, 9.17) is 0 Å². The van der Waals surface area contributed by atoms with E-state index in [-0.39, 0.29) is 0 Å². The third-order valence-electron chi connectivity index (χ3n) is 9.96. The molecule has 0 fully saturated rings. The van der Waals surface area contributed by atoms with Gasteiger partial charge in [0, 0.05) is 33.5 Å². The molecule has 0 saturated carbocycles. The molecule has 2 heteroatoms. The Labute approximate surface area is 296 Å². The van der Waals surface area contributed by atoms with Crippen molar-refractivity contribution < 1.29 is 0 Å². The third-order valence-corrected chi connectivity index (χ3v) is 9.96.